The fourth-order valence-corrected chi connectivity index (χ4v) is 2.85. The van der Waals surface area contributed by atoms with E-state index in [0.717, 1.165) is 19.3 Å². The summed E-state index contributed by atoms with van der Waals surface area (Å²) < 4.78 is 15.9. The van der Waals surface area contributed by atoms with Crippen LogP contribution in [-0.4, -0.2) is 37.9 Å². The van der Waals surface area contributed by atoms with Crippen molar-refractivity contribution in [3.8, 4) is 0 Å². The van der Waals surface area contributed by atoms with Crippen molar-refractivity contribution in [3.63, 3.8) is 0 Å². The van der Waals surface area contributed by atoms with Crippen LogP contribution in [0.5, 0.6) is 0 Å². The Morgan fingerprint density at radius 3 is 2.36 bits per heavy atom. The van der Waals surface area contributed by atoms with E-state index in [1.807, 2.05) is 26.8 Å². The zero-order valence-corrected chi connectivity index (χ0v) is 16.8. The number of esters is 2. The van der Waals surface area contributed by atoms with Crippen LogP contribution in [0.3, 0.4) is 0 Å². The first-order valence-electron chi connectivity index (χ1n) is 9.12. The number of methoxy groups -OCH3 is 1. The summed E-state index contributed by atoms with van der Waals surface area (Å²) in [7, 11) is 1.61. The minimum absolute atomic E-state index is 0.0122. The predicted molar refractivity (Wildman–Crippen MR) is 99.2 cm³/mol. The normalized spacial score (nSPS) is 15.1. The van der Waals surface area contributed by atoms with E-state index in [9.17, 15) is 9.59 Å². The van der Waals surface area contributed by atoms with Crippen LogP contribution in [0, 0.1) is 17.8 Å². The largest absolute Gasteiger partial charge is 0.466 e. The van der Waals surface area contributed by atoms with Gasteiger partial charge in [0.25, 0.3) is 0 Å². The van der Waals surface area contributed by atoms with Crippen LogP contribution in [-0.2, 0) is 23.8 Å². The number of carbonyl (C=O) groups excluding carboxylic acids is 2. The van der Waals surface area contributed by atoms with Crippen molar-refractivity contribution in [1.29, 1.82) is 0 Å². The highest BCUT2D eigenvalue weighted by atomic mass is 16.6. The maximum atomic E-state index is 12.5. The van der Waals surface area contributed by atoms with E-state index in [2.05, 4.69) is 13.5 Å². The average molecular weight is 357 g/mol. The van der Waals surface area contributed by atoms with Crippen molar-refractivity contribution >= 4 is 11.9 Å². The molecule has 0 saturated carbocycles. The van der Waals surface area contributed by atoms with Gasteiger partial charge in [0.1, 0.15) is 5.60 Å². The van der Waals surface area contributed by atoms with Gasteiger partial charge in [0, 0.05) is 13.7 Å². The van der Waals surface area contributed by atoms with Gasteiger partial charge in [-0.1, -0.05) is 13.0 Å². The first kappa shape index (κ1) is 23.6. The molecule has 0 aliphatic carbocycles. The van der Waals surface area contributed by atoms with Crippen LogP contribution in [0.2, 0.25) is 0 Å². The third-order valence-corrected chi connectivity index (χ3v) is 3.91. The maximum Gasteiger partial charge on any atom is 0.309 e. The van der Waals surface area contributed by atoms with Crippen LogP contribution in [0.1, 0.15) is 60.3 Å². The Morgan fingerprint density at radius 2 is 1.88 bits per heavy atom. The molecule has 0 aliphatic heterocycles. The minimum Gasteiger partial charge on any atom is -0.466 e. The summed E-state index contributed by atoms with van der Waals surface area (Å²) in [6.07, 6.45) is 4.61. The first-order chi connectivity index (χ1) is 11.6. The van der Waals surface area contributed by atoms with E-state index in [1.165, 1.54) is 0 Å². The molecule has 5 heteroatoms. The lowest BCUT2D eigenvalue weighted by atomic mass is 9.82. The molecule has 0 aromatic heterocycles. The summed E-state index contributed by atoms with van der Waals surface area (Å²) >= 11 is 0. The number of rotatable bonds is 12. The van der Waals surface area contributed by atoms with Crippen molar-refractivity contribution in [1.82, 2.24) is 0 Å². The molecular formula is C20H36O5. The summed E-state index contributed by atoms with van der Waals surface area (Å²) in [6.45, 7) is 13.8. The summed E-state index contributed by atoms with van der Waals surface area (Å²) in [5.41, 5.74) is -0.579. The molecular weight excluding hydrogens is 320 g/mol. The van der Waals surface area contributed by atoms with Crippen molar-refractivity contribution in [3.05, 3.63) is 12.7 Å². The molecule has 0 aliphatic rings. The van der Waals surface area contributed by atoms with Crippen LogP contribution in [0.15, 0.2) is 12.7 Å². The highest BCUT2D eigenvalue weighted by molar-refractivity contribution is 5.80. The zero-order valence-electron chi connectivity index (χ0n) is 16.8. The summed E-state index contributed by atoms with van der Waals surface area (Å²) in [5.74, 6) is -0.984. The molecule has 0 aromatic rings. The van der Waals surface area contributed by atoms with E-state index in [-0.39, 0.29) is 30.9 Å². The monoisotopic (exact) mass is 356 g/mol. The molecule has 0 fully saturated rings. The van der Waals surface area contributed by atoms with Gasteiger partial charge in [-0.2, -0.15) is 0 Å². The Morgan fingerprint density at radius 1 is 1.24 bits per heavy atom. The molecule has 146 valence electrons. The molecule has 0 N–H and O–H groups in total. The fourth-order valence-electron chi connectivity index (χ4n) is 2.85. The Kier molecular flexibility index (Phi) is 11.4. The number of carbonyl (C=O) groups is 2. The zero-order chi connectivity index (χ0) is 19.5. The second-order valence-electron chi connectivity index (χ2n) is 7.57. The lowest BCUT2D eigenvalue weighted by Gasteiger charge is -2.28. The molecule has 0 amide bonds. The van der Waals surface area contributed by atoms with Gasteiger partial charge in [-0.05, 0) is 58.8 Å². The maximum absolute atomic E-state index is 12.5. The van der Waals surface area contributed by atoms with Gasteiger partial charge < -0.3 is 14.2 Å². The highest BCUT2D eigenvalue weighted by Gasteiger charge is 2.34. The second-order valence-corrected chi connectivity index (χ2v) is 7.57. The number of allylic oxidation sites excluding steroid dienone is 1. The predicted octanol–water partition coefficient (Wildman–Crippen LogP) is 4.15. The molecule has 0 bridgehead atoms. The van der Waals surface area contributed by atoms with Gasteiger partial charge in [-0.25, -0.2) is 0 Å². The molecule has 2 unspecified atom stereocenters. The fraction of sp³-hybridized carbons (Fsp3) is 0.800. The Bertz CT molecular complexity index is 411. The topological polar surface area (TPSA) is 61.8 Å². The van der Waals surface area contributed by atoms with Gasteiger partial charge in [0.05, 0.1) is 18.9 Å². The number of hydrogen-bond donors (Lipinski definition) is 0. The standard InChI is InChI=1S/C20H36O5/c1-8-10-11-15(3)12-16(14-23-7)17(19(22)24-9-2)13-18(21)25-20(4,5)6/h8,15-17H,1,9-14H2,2-7H3/t15?,16-,17?/m0/s1. The molecule has 0 saturated heterocycles. The van der Waals surface area contributed by atoms with Gasteiger partial charge in [-0.3, -0.25) is 9.59 Å². The minimum atomic E-state index is -0.579. The van der Waals surface area contributed by atoms with E-state index < -0.39 is 11.5 Å². The van der Waals surface area contributed by atoms with Crippen LogP contribution in [0.25, 0.3) is 0 Å². The number of hydrogen-bond acceptors (Lipinski definition) is 5. The van der Waals surface area contributed by atoms with Crippen LogP contribution in [0.4, 0.5) is 0 Å². The number of ether oxygens (including phenoxy) is 3. The van der Waals surface area contributed by atoms with Crippen molar-refractivity contribution in [2.75, 3.05) is 20.3 Å². The lowest BCUT2D eigenvalue weighted by molar-refractivity contribution is -0.164. The van der Waals surface area contributed by atoms with E-state index in [1.54, 1.807) is 14.0 Å². The molecule has 0 radical (unpaired) electrons. The summed E-state index contributed by atoms with van der Waals surface area (Å²) in [5, 5.41) is 0. The third kappa shape index (κ3) is 11.0. The summed E-state index contributed by atoms with van der Waals surface area (Å²) in [6, 6.07) is 0. The van der Waals surface area contributed by atoms with E-state index in [4.69, 9.17) is 14.2 Å². The quantitative estimate of drug-likeness (QED) is 0.388. The van der Waals surface area contributed by atoms with Gasteiger partial charge in [0.2, 0.25) is 0 Å². The summed E-state index contributed by atoms with van der Waals surface area (Å²) in [4.78, 5) is 24.7. The van der Waals surface area contributed by atoms with Crippen LogP contribution >= 0.6 is 0 Å². The van der Waals surface area contributed by atoms with Gasteiger partial charge in [0.15, 0.2) is 0 Å². The Balaban J connectivity index is 5.16. The molecule has 0 spiro atoms. The van der Waals surface area contributed by atoms with Gasteiger partial charge in [-0.15, -0.1) is 6.58 Å². The van der Waals surface area contributed by atoms with E-state index >= 15 is 0 Å². The smallest absolute Gasteiger partial charge is 0.309 e. The first-order valence-corrected chi connectivity index (χ1v) is 9.12. The van der Waals surface area contributed by atoms with Crippen LogP contribution < -0.4 is 0 Å². The van der Waals surface area contributed by atoms with Crippen molar-refractivity contribution in [2.45, 2.75) is 65.9 Å². The molecule has 0 heterocycles. The SMILES string of the molecule is C=CCCC(C)C[C@@H](COC)C(CC(=O)OC(C)(C)C)C(=O)OCC. The van der Waals surface area contributed by atoms with Crippen molar-refractivity contribution in [2.24, 2.45) is 17.8 Å². The molecule has 0 aromatic carbocycles. The molecule has 5 nitrogen and oxygen atoms in total. The Labute approximate surface area is 153 Å². The average Bonchev–Trinajstić information content (AvgIpc) is 2.48. The molecule has 0 rings (SSSR count). The molecule has 3 atom stereocenters. The van der Waals surface area contributed by atoms with E-state index in [0.29, 0.717) is 12.5 Å². The third-order valence-electron chi connectivity index (χ3n) is 3.91. The lowest BCUT2D eigenvalue weighted by Crippen LogP contribution is -2.34. The van der Waals surface area contributed by atoms with Crippen molar-refractivity contribution < 1.29 is 23.8 Å². The van der Waals surface area contributed by atoms with Gasteiger partial charge >= 0.3 is 11.9 Å². The highest BCUT2D eigenvalue weighted by Crippen LogP contribution is 2.28. The Hall–Kier alpha value is -1.36. The second kappa shape index (κ2) is 12.1. The molecule has 25 heavy (non-hydrogen) atoms.